The molecule has 0 aliphatic carbocycles. The van der Waals surface area contributed by atoms with Gasteiger partial charge in [0, 0.05) is 21.7 Å². The van der Waals surface area contributed by atoms with Crippen molar-refractivity contribution in [2.45, 2.75) is 30.3 Å². The van der Waals surface area contributed by atoms with Gasteiger partial charge in [0.15, 0.2) is 10.3 Å². The normalized spacial score (nSPS) is 11.9. The van der Waals surface area contributed by atoms with Gasteiger partial charge in [0.2, 0.25) is 11.9 Å². The number of nitrogens with two attached hydrogens (primary N) is 1. The summed E-state index contributed by atoms with van der Waals surface area (Å²) in [6.45, 7) is 1.92. The number of carbonyl (C=O) groups is 1. The summed E-state index contributed by atoms with van der Waals surface area (Å²) in [6, 6.07) is 16.9. The van der Waals surface area contributed by atoms with Crippen LogP contribution in [-0.2, 0) is 10.5 Å². The fourth-order valence-electron chi connectivity index (χ4n) is 3.18. The maximum Gasteiger partial charge on any atom is 0.249 e. The Labute approximate surface area is 199 Å². The molecule has 1 amide bonds. The van der Waals surface area contributed by atoms with Crippen molar-refractivity contribution in [3.8, 4) is 11.3 Å². The van der Waals surface area contributed by atoms with Gasteiger partial charge in [0.05, 0.1) is 5.69 Å². The maximum absolute atomic E-state index is 13.1. The fourth-order valence-corrected chi connectivity index (χ4v) is 5.18. The lowest BCUT2D eigenvalue weighted by molar-refractivity contribution is -0.119. The summed E-state index contributed by atoms with van der Waals surface area (Å²) in [4.78, 5) is 17.7. The summed E-state index contributed by atoms with van der Waals surface area (Å²) in [5.41, 5.74) is 8.87. The predicted octanol–water partition coefficient (Wildman–Crippen LogP) is 5.52. The maximum atomic E-state index is 13.1. The number of nitrogens with zero attached hydrogens (tertiary/aromatic N) is 4. The molecule has 2 aromatic carbocycles. The minimum Gasteiger partial charge on any atom is -0.368 e. The highest BCUT2D eigenvalue weighted by molar-refractivity contribution is 7.98. The van der Waals surface area contributed by atoms with Crippen molar-refractivity contribution in [2.24, 2.45) is 0 Å². The van der Waals surface area contributed by atoms with Crippen molar-refractivity contribution >= 4 is 51.7 Å². The van der Waals surface area contributed by atoms with E-state index in [1.54, 1.807) is 4.57 Å². The summed E-state index contributed by atoms with van der Waals surface area (Å²) in [5, 5.41) is 14.8. The van der Waals surface area contributed by atoms with Crippen molar-refractivity contribution in [3.05, 3.63) is 70.6 Å². The number of thioether (sulfide) groups is 1. The molecule has 32 heavy (non-hydrogen) atoms. The summed E-state index contributed by atoms with van der Waals surface area (Å²) in [7, 11) is 0. The molecule has 1 unspecified atom stereocenters. The highest BCUT2D eigenvalue weighted by Gasteiger charge is 2.26. The Kier molecular flexibility index (Phi) is 7.09. The first-order valence-corrected chi connectivity index (χ1v) is 12.2. The zero-order valence-corrected chi connectivity index (χ0v) is 19.6. The van der Waals surface area contributed by atoms with Gasteiger partial charge in [-0.05, 0) is 18.1 Å². The van der Waals surface area contributed by atoms with Gasteiger partial charge in [-0.25, -0.2) is 4.98 Å². The van der Waals surface area contributed by atoms with Crippen molar-refractivity contribution in [1.82, 2.24) is 19.7 Å². The van der Waals surface area contributed by atoms with E-state index in [9.17, 15) is 4.79 Å². The summed E-state index contributed by atoms with van der Waals surface area (Å²) < 4.78 is 1.67. The average molecular weight is 485 g/mol. The highest BCUT2D eigenvalue weighted by atomic mass is 35.5. The number of benzene rings is 2. The Balaban J connectivity index is 1.50. The largest absolute Gasteiger partial charge is 0.368 e. The van der Waals surface area contributed by atoms with E-state index >= 15 is 0 Å². The van der Waals surface area contributed by atoms with Gasteiger partial charge in [-0.2, -0.15) is 0 Å². The van der Waals surface area contributed by atoms with Crippen molar-refractivity contribution in [3.63, 3.8) is 0 Å². The van der Waals surface area contributed by atoms with Crippen LogP contribution in [0.4, 0.5) is 11.1 Å². The van der Waals surface area contributed by atoms with Crippen LogP contribution in [0.1, 0.15) is 24.9 Å². The van der Waals surface area contributed by atoms with E-state index in [0.29, 0.717) is 27.5 Å². The molecule has 0 aliphatic heterocycles. The third-order valence-electron chi connectivity index (χ3n) is 4.81. The SMILES string of the molecule is CCC(C(=O)Nc1nc(-c2ccccc2)cs1)n1c(N)nnc1SCc1ccccc1Cl. The van der Waals surface area contributed by atoms with E-state index < -0.39 is 6.04 Å². The molecule has 7 nitrogen and oxygen atoms in total. The molecule has 0 fully saturated rings. The average Bonchev–Trinajstić information content (AvgIpc) is 3.42. The van der Waals surface area contributed by atoms with Gasteiger partial charge in [-0.3, -0.25) is 9.36 Å². The number of amides is 1. The van der Waals surface area contributed by atoms with Crippen molar-refractivity contribution in [1.29, 1.82) is 0 Å². The molecule has 0 spiro atoms. The second-order valence-electron chi connectivity index (χ2n) is 6.91. The number of thiazole rings is 1. The first-order chi connectivity index (χ1) is 15.6. The van der Waals surface area contributed by atoms with Crippen LogP contribution < -0.4 is 11.1 Å². The number of carbonyl (C=O) groups excluding carboxylic acids is 1. The molecule has 0 bridgehead atoms. The summed E-state index contributed by atoms with van der Waals surface area (Å²) in [5.74, 6) is 0.563. The van der Waals surface area contributed by atoms with Crippen LogP contribution >= 0.6 is 34.7 Å². The fraction of sp³-hybridized carbons (Fsp3) is 0.182. The number of halogens is 1. The Morgan fingerprint density at radius 2 is 1.94 bits per heavy atom. The minimum atomic E-state index is -0.567. The Morgan fingerprint density at radius 3 is 2.69 bits per heavy atom. The van der Waals surface area contributed by atoms with Crippen LogP contribution in [0, 0.1) is 0 Å². The third kappa shape index (κ3) is 4.95. The highest BCUT2D eigenvalue weighted by Crippen LogP contribution is 2.31. The third-order valence-corrected chi connectivity index (χ3v) is 6.93. The van der Waals surface area contributed by atoms with E-state index in [4.69, 9.17) is 17.3 Å². The monoisotopic (exact) mass is 484 g/mol. The molecule has 4 aromatic rings. The molecule has 164 valence electrons. The molecule has 3 N–H and O–H groups in total. The number of nitrogens with one attached hydrogen (secondary N) is 1. The molecule has 0 saturated heterocycles. The minimum absolute atomic E-state index is 0.192. The summed E-state index contributed by atoms with van der Waals surface area (Å²) >= 11 is 9.08. The van der Waals surface area contributed by atoms with Crippen LogP contribution in [0.5, 0.6) is 0 Å². The molecule has 1 atom stereocenters. The quantitative estimate of drug-likeness (QED) is 0.319. The zero-order valence-electron chi connectivity index (χ0n) is 17.2. The van der Waals surface area contributed by atoms with Crippen molar-refractivity contribution in [2.75, 3.05) is 11.1 Å². The number of anilines is 2. The number of aromatic nitrogens is 4. The summed E-state index contributed by atoms with van der Waals surface area (Å²) in [6.07, 6.45) is 0.518. The number of hydrogen-bond donors (Lipinski definition) is 2. The Hall–Kier alpha value is -2.88. The van der Waals surface area contributed by atoms with E-state index in [-0.39, 0.29) is 11.9 Å². The van der Waals surface area contributed by atoms with Gasteiger partial charge >= 0.3 is 0 Å². The molecule has 0 radical (unpaired) electrons. The van der Waals surface area contributed by atoms with Gasteiger partial charge in [-0.15, -0.1) is 21.5 Å². The van der Waals surface area contributed by atoms with E-state index in [1.165, 1.54) is 23.1 Å². The second-order valence-corrected chi connectivity index (χ2v) is 9.12. The topological polar surface area (TPSA) is 98.7 Å². The molecule has 0 aliphatic rings. The predicted molar refractivity (Wildman–Crippen MR) is 131 cm³/mol. The number of rotatable bonds is 8. The molecule has 2 aromatic heterocycles. The van der Waals surface area contributed by atoms with Crippen LogP contribution in [0.25, 0.3) is 11.3 Å². The molecule has 10 heteroatoms. The Bertz CT molecular complexity index is 1210. The lowest BCUT2D eigenvalue weighted by Crippen LogP contribution is -2.27. The van der Waals surface area contributed by atoms with Crippen LogP contribution in [-0.4, -0.2) is 25.7 Å². The Morgan fingerprint density at radius 1 is 1.19 bits per heavy atom. The van der Waals surface area contributed by atoms with Crippen LogP contribution in [0.15, 0.2) is 65.1 Å². The zero-order chi connectivity index (χ0) is 22.5. The molecular weight excluding hydrogens is 464 g/mol. The van der Waals surface area contributed by atoms with E-state index in [0.717, 1.165) is 16.8 Å². The number of hydrogen-bond acceptors (Lipinski definition) is 7. The van der Waals surface area contributed by atoms with Gasteiger partial charge in [-0.1, -0.05) is 78.8 Å². The van der Waals surface area contributed by atoms with E-state index in [2.05, 4.69) is 20.5 Å². The van der Waals surface area contributed by atoms with Gasteiger partial charge in [0.1, 0.15) is 6.04 Å². The first kappa shape index (κ1) is 22.3. The standard InChI is InChI=1S/C22H21ClN6OS2/c1-2-18(19(30)26-21-25-17(13-31-21)14-8-4-3-5-9-14)29-20(24)27-28-22(29)32-12-15-10-6-7-11-16(15)23/h3-11,13,18H,2,12H2,1H3,(H2,24,27)(H,25,26,30). The smallest absolute Gasteiger partial charge is 0.249 e. The van der Waals surface area contributed by atoms with Gasteiger partial charge in [0.25, 0.3) is 0 Å². The van der Waals surface area contributed by atoms with Crippen LogP contribution in [0.3, 0.4) is 0 Å². The molecule has 2 heterocycles. The van der Waals surface area contributed by atoms with Gasteiger partial charge < -0.3 is 11.1 Å². The lowest BCUT2D eigenvalue weighted by Gasteiger charge is -2.18. The number of nitrogen functional groups attached to an aromatic ring is 1. The van der Waals surface area contributed by atoms with E-state index in [1.807, 2.05) is 66.9 Å². The molecule has 4 rings (SSSR count). The lowest BCUT2D eigenvalue weighted by atomic mass is 10.2. The molecular formula is C22H21ClN6OS2. The van der Waals surface area contributed by atoms with Crippen LogP contribution in [0.2, 0.25) is 5.02 Å². The van der Waals surface area contributed by atoms with Crippen molar-refractivity contribution < 1.29 is 4.79 Å². The first-order valence-electron chi connectivity index (χ1n) is 9.95. The second kappa shape index (κ2) is 10.2. The molecule has 0 saturated carbocycles.